The topological polar surface area (TPSA) is 9.72 Å². The summed E-state index contributed by atoms with van der Waals surface area (Å²) in [7, 11) is 4.29. The summed E-state index contributed by atoms with van der Waals surface area (Å²) in [5.41, 5.74) is 0. The van der Waals surface area contributed by atoms with Crippen molar-refractivity contribution in [3.8, 4) is 0 Å². The molecule has 0 N–H and O–H groups in total. The summed E-state index contributed by atoms with van der Waals surface area (Å²) in [6.45, 7) is 8.66. The van der Waals surface area contributed by atoms with Crippen LogP contribution >= 0.6 is 15.9 Å². The second-order valence-corrected chi connectivity index (χ2v) is 5.32. The maximum atomic E-state index is 3.50. The van der Waals surface area contributed by atoms with Crippen LogP contribution in [0.2, 0.25) is 0 Å². The Bertz CT molecular complexity index is 156. The third-order valence-electron chi connectivity index (χ3n) is 2.95. The number of alkyl halides is 1. The molecule has 1 rings (SSSR count). The molecule has 0 radical (unpaired) electrons. The van der Waals surface area contributed by atoms with Gasteiger partial charge in [-0.1, -0.05) is 15.9 Å². The van der Waals surface area contributed by atoms with Crippen molar-refractivity contribution in [2.75, 3.05) is 65.2 Å². The molecule has 0 spiro atoms. The van der Waals surface area contributed by atoms with Gasteiger partial charge in [-0.2, -0.15) is 0 Å². The Labute approximate surface area is 103 Å². The SMILES string of the molecule is CN(C)CCCN1CCN(CCBr)CC1. The summed E-state index contributed by atoms with van der Waals surface area (Å²) in [6.07, 6.45) is 1.30. The Morgan fingerprint density at radius 2 is 1.53 bits per heavy atom. The van der Waals surface area contributed by atoms with Crippen LogP contribution < -0.4 is 0 Å². The lowest BCUT2D eigenvalue weighted by Crippen LogP contribution is -2.47. The standard InChI is InChI=1S/C11H24BrN3/c1-13(2)5-3-6-14-8-10-15(7-4-12)11-9-14/h3-11H2,1-2H3. The van der Waals surface area contributed by atoms with Crippen molar-refractivity contribution in [3.63, 3.8) is 0 Å². The van der Waals surface area contributed by atoms with Gasteiger partial charge in [0.15, 0.2) is 0 Å². The van der Waals surface area contributed by atoms with E-state index in [1.807, 2.05) is 0 Å². The first-order valence-electron chi connectivity index (χ1n) is 5.88. The van der Waals surface area contributed by atoms with Crippen LogP contribution in [0.15, 0.2) is 0 Å². The summed E-state index contributed by atoms with van der Waals surface area (Å²) in [4.78, 5) is 7.40. The number of rotatable bonds is 6. The van der Waals surface area contributed by atoms with Crippen LogP contribution in [0.4, 0.5) is 0 Å². The third-order valence-corrected chi connectivity index (χ3v) is 3.30. The van der Waals surface area contributed by atoms with E-state index in [1.165, 1.54) is 52.2 Å². The highest BCUT2D eigenvalue weighted by Gasteiger charge is 2.15. The average Bonchev–Trinajstić information content (AvgIpc) is 2.20. The van der Waals surface area contributed by atoms with Crippen LogP contribution in [0.25, 0.3) is 0 Å². The molecule has 3 nitrogen and oxygen atoms in total. The van der Waals surface area contributed by atoms with E-state index < -0.39 is 0 Å². The van der Waals surface area contributed by atoms with Gasteiger partial charge in [-0.25, -0.2) is 0 Å². The van der Waals surface area contributed by atoms with Crippen LogP contribution in [0.3, 0.4) is 0 Å². The normalized spacial score (nSPS) is 20.0. The molecule has 0 aromatic heterocycles. The molecule has 0 atom stereocenters. The van der Waals surface area contributed by atoms with Crippen molar-refractivity contribution < 1.29 is 0 Å². The van der Waals surface area contributed by atoms with Crippen molar-refractivity contribution >= 4 is 15.9 Å². The molecule has 0 saturated carbocycles. The minimum absolute atomic E-state index is 1.10. The predicted molar refractivity (Wildman–Crippen MR) is 69.8 cm³/mol. The Balaban J connectivity index is 2.04. The monoisotopic (exact) mass is 277 g/mol. The molecule has 0 bridgehead atoms. The van der Waals surface area contributed by atoms with E-state index in [-0.39, 0.29) is 0 Å². The average molecular weight is 278 g/mol. The Morgan fingerprint density at radius 1 is 1.00 bits per heavy atom. The summed E-state index contributed by atoms with van der Waals surface area (Å²) in [5.74, 6) is 0. The van der Waals surface area contributed by atoms with E-state index in [9.17, 15) is 0 Å². The summed E-state index contributed by atoms with van der Waals surface area (Å²) in [6, 6.07) is 0. The molecule has 1 fully saturated rings. The Morgan fingerprint density at radius 3 is 2.00 bits per heavy atom. The molecule has 15 heavy (non-hydrogen) atoms. The number of nitrogens with zero attached hydrogens (tertiary/aromatic N) is 3. The minimum Gasteiger partial charge on any atom is -0.309 e. The highest BCUT2D eigenvalue weighted by Crippen LogP contribution is 2.03. The molecule has 1 heterocycles. The van der Waals surface area contributed by atoms with Crippen LogP contribution in [0.1, 0.15) is 6.42 Å². The van der Waals surface area contributed by atoms with E-state index in [2.05, 4.69) is 44.7 Å². The zero-order valence-electron chi connectivity index (χ0n) is 10.1. The highest BCUT2D eigenvalue weighted by molar-refractivity contribution is 9.09. The number of hydrogen-bond acceptors (Lipinski definition) is 3. The van der Waals surface area contributed by atoms with Crippen molar-refractivity contribution in [2.45, 2.75) is 6.42 Å². The van der Waals surface area contributed by atoms with Gasteiger partial charge in [-0.05, 0) is 33.6 Å². The first kappa shape index (κ1) is 13.4. The largest absolute Gasteiger partial charge is 0.309 e. The fraction of sp³-hybridized carbons (Fsp3) is 1.00. The first-order chi connectivity index (χ1) is 7.22. The van der Waals surface area contributed by atoms with Crippen molar-refractivity contribution in [3.05, 3.63) is 0 Å². The molecule has 0 aromatic carbocycles. The number of hydrogen-bond donors (Lipinski definition) is 0. The second kappa shape index (κ2) is 7.60. The molecule has 4 heteroatoms. The quantitative estimate of drug-likeness (QED) is 0.670. The molecular formula is C11H24BrN3. The lowest BCUT2D eigenvalue weighted by atomic mass is 10.3. The molecular weight excluding hydrogens is 254 g/mol. The molecule has 1 saturated heterocycles. The summed E-state index contributed by atoms with van der Waals surface area (Å²) < 4.78 is 0. The Kier molecular flexibility index (Phi) is 6.81. The van der Waals surface area contributed by atoms with Gasteiger partial charge in [0.25, 0.3) is 0 Å². The Hall–Kier alpha value is 0.360. The van der Waals surface area contributed by atoms with Gasteiger partial charge in [0.05, 0.1) is 0 Å². The van der Waals surface area contributed by atoms with E-state index in [0.717, 1.165) is 5.33 Å². The van der Waals surface area contributed by atoms with Crippen molar-refractivity contribution in [2.24, 2.45) is 0 Å². The minimum atomic E-state index is 1.10. The maximum Gasteiger partial charge on any atom is 0.0159 e. The zero-order chi connectivity index (χ0) is 11.1. The van der Waals surface area contributed by atoms with E-state index >= 15 is 0 Å². The molecule has 0 aliphatic carbocycles. The van der Waals surface area contributed by atoms with Gasteiger partial charge in [0.1, 0.15) is 0 Å². The van der Waals surface area contributed by atoms with E-state index in [1.54, 1.807) is 0 Å². The van der Waals surface area contributed by atoms with Gasteiger partial charge in [-0.3, -0.25) is 4.90 Å². The van der Waals surface area contributed by atoms with Crippen LogP contribution in [0.5, 0.6) is 0 Å². The van der Waals surface area contributed by atoms with Gasteiger partial charge < -0.3 is 9.80 Å². The van der Waals surface area contributed by atoms with Gasteiger partial charge >= 0.3 is 0 Å². The van der Waals surface area contributed by atoms with Crippen LogP contribution in [-0.4, -0.2) is 79.9 Å². The van der Waals surface area contributed by atoms with Gasteiger partial charge in [0, 0.05) is 38.1 Å². The molecule has 0 amide bonds. The maximum absolute atomic E-state index is 3.50. The molecule has 0 unspecified atom stereocenters. The molecule has 1 aliphatic rings. The van der Waals surface area contributed by atoms with Crippen LogP contribution in [0, 0.1) is 0 Å². The fourth-order valence-corrected chi connectivity index (χ4v) is 2.47. The second-order valence-electron chi connectivity index (χ2n) is 4.53. The van der Waals surface area contributed by atoms with Gasteiger partial charge in [-0.15, -0.1) is 0 Å². The lowest BCUT2D eigenvalue weighted by Gasteiger charge is -2.34. The highest BCUT2D eigenvalue weighted by atomic mass is 79.9. The zero-order valence-corrected chi connectivity index (χ0v) is 11.7. The van der Waals surface area contributed by atoms with Crippen molar-refractivity contribution in [1.29, 1.82) is 0 Å². The lowest BCUT2D eigenvalue weighted by molar-refractivity contribution is 0.135. The smallest absolute Gasteiger partial charge is 0.0159 e. The molecule has 1 aliphatic heterocycles. The van der Waals surface area contributed by atoms with Crippen LogP contribution in [-0.2, 0) is 0 Å². The van der Waals surface area contributed by atoms with E-state index in [4.69, 9.17) is 0 Å². The van der Waals surface area contributed by atoms with E-state index in [0.29, 0.717) is 0 Å². The van der Waals surface area contributed by atoms with Gasteiger partial charge in [0.2, 0.25) is 0 Å². The first-order valence-corrected chi connectivity index (χ1v) is 7.00. The molecule has 90 valence electrons. The number of halogens is 1. The molecule has 0 aromatic rings. The third kappa shape index (κ3) is 5.85. The summed E-state index contributed by atoms with van der Waals surface area (Å²) >= 11 is 3.50. The summed E-state index contributed by atoms with van der Waals surface area (Å²) in [5, 5.41) is 1.10. The van der Waals surface area contributed by atoms with Crippen molar-refractivity contribution in [1.82, 2.24) is 14.7 Å². The number of piperazine rings is 1. The fourth-order valence-electron chi connectivity index (χ4n) is 1.97. The predicted octanol–water partition coefficient (Wildman–Crippen LogP) is 0.951.